The van der Waals surface area contributed by atoms with Gasteiger partial charge in [-0.25, -0.2) is 13.4 Å². The van der Waals surface area contributed by atoms with Gasteiger partial charge in [-0.3, -0.25) is 0 Å². The van der Waals surface area contributed by atoms with Crippen LogP contribution in [0.5, 0.6) is 0 Å². The van der Waals surface area contributed by atoms with Gasteiger partial charge in [-0.05, 0) is 6.07 Å². The molecule has 0 unspecified atom stereocenters. The predicted molar refractivity (Wildman–Crippen MR) is 65.2 cm³/mol. The Bertz CT molecular complexity index is 799. The Hall–Kier alpha value is -1.98. The van der Waals surface area contributed by atoms with Gasteiger partial charge in [0.1, 0.15) is 17.4 Å². The number of nitrogens with zero attached hydrogens (tertiary/aromatic N) is 4. The van der Waals surface area contributed by atoms with E-state index in [4.69, 9.17) is 10.00 Å². The molecule has 0 aliphatic carbocycles. The van der Waals surface area contributed by atoms with Crippen LogP contribution in [-0.4, -0.2) is 42.4 Å². The summed E-state index contributed by atoms with van der Waals surface area (Å²) in [5.41, 5.74) is 0.892. The summed E-state index contributed by atoms with van der Waals surface area (Å²) in [4.78, 5) is 7.89. The van der Waals surface area contributed by atoms with Gasteiger partial charge < -0.3 is 9.30 Å². The lowest BCUT2D eigenvalue weighted by atomic mass is 10.2. The first kappa shape index (κ1) is 12.1. The van der Waals surface area contributed by atoms with Gasteiger partial charge in [0.2, 0.25) is 15.0 Å². The highest BCUT2D eigenvalue weighted by Crippen LogP contribution is 2.26. The number of sulfone groups is 1. The summed E-state index contributed by atoms with van der Waals surface area (Å²) >= 11 is 0. The van der Waals surface area contributed by atoms with Crippen molar-refractivity contribution in [1.29, 1.82) is 5.26 Å². The minimum Gasteiger partial charge on any atom is -0.377 e. The van der Waals surface area contributed by atoms with Crippen molar-refractivity contribution in [1.82, 2.24) is 14.5 Å². The minimum atomic E-state index is -3.47. The van der Waals surface area contributed by atoms with Crippen LogP contribution in [0.3, 0.4) is 0 Å². The van der Waals surface area contributed by atoms with Gasteiger partial charge in [0.25, 0.3) is 0 Å². The Labute approximate surface area is 109 Å². The molecule has 0 amide bonds. The fourth-order valence-electron chi connectivity index (χ4n) is 2.00. The first-order valence-electron chi connectivity index (χ1n) is 5.56. The highest BCUT2D eigenvalue weighted by atomic mass is 32.2. The molecule has 98 valence electrons. The average Bonchev–Trinajstić information content (AvgIpc) is 2.64. The summed E-state index contributed by atoms with van der Waals surface area (Å²) in [5.74, 6) is 0. The van der Waals surface area contributed by atoms with E-state index < -0.39 is 9.84 Å². The molecule has 0 radical (unpaired) electrons. The highest BCUT2D eigenvalue weighted by molar-refractivity contribution is 7.90. The van der Waals surface area contributed by atoms with E-state index in [1.165, 1.54) is 6.20 Å². The van der Waals surface area contributed by atoms with Crippen LogP contribution < -0.4 is 0 Å². The third kappa shape index (κ3) is 1.87. The van der Waals surface area contributed by atoms with Crippen LogP contribution in [0.15, 0.2) is 17.4 Å². The number of rotatable bonds is 2. The molecule has 1 aliphatic heterocycles. The summed E-state index contributed by atoms with van der Waals surface area (Å²) in [7, 11) is -3.47. The van der Waals surface area contributed by atoms with Gasteiger partial charge in [-0.2, -0.15) is 10.2 Å². The molecule has 3 rings (SSSR count). The minimum absolute atomic E-state index is 0.0226. The van der Waals surface area contributed by atoms with E-state index in [1.807, 2.05) is 0 Å². The number of aromatic nitrogens is 3. The Kier molecular flexibility index (Phi) is 2.55. The van der Waals surface area contributed by atoms with E-state index in [9.17, 15) is 8.42 Å². The van der Waals surface area contributed by atoms with Crippen LogP contribution in [-0.2, 0) is 14.6 Å². The van der Waals surface area contributed by atoms with E-state index in [1.54, 1.807) is 10.6 Å². The maximum Gasteiger partial charge on any atom is 0.248 e. The molecule has 8 heteroatoms. The smallest absolute Gasteiger partial charge is 0.248 e. The number of hydrogen-bond acceptors (Lipinski definition) is 6. The van der Waals surface area contributed by atoms with E-state index in [2.05, 4.69) is 16.0 Å². The summed E-state index contributed by atoms with van der Waals surface area (Å²) in [6, 6.07) is 3.76. The van der Waals surface area contributed by atoms with E-state index in [0.29, 0.717) is 29.9 Å². The van der Waals surface area contributed by atoms with Crippen molar-refractivity contribution in [3.8, 4) is 6.07 Å². The largest absolute Gasteiger partial charge is 0.377 e. The lowest BCUT2D eigenvalue weighted by molar-refractivity contribution is -0.0219. The van der Waals surface area contributed by atoms with E-state index >= 15 is 0 Å². The molecule has 7 nitrogen and oxygen atoms in total. The Morgan fingerprint density at radius 1 is 1.53 bits per heavy atom. The van der Waals surface area contributed by atoms with E-state index in [-0.39, 0.29) is 11.2 Å². The van der Waals surface area contributed by atoms with Crippen LogP contribution >= 0.6 is 0 Å². The fourth-order valence-corrected chi connectivity index (χ4v) is 2.50. The molecule has 0 spiro atoms. The molecule has 2 aromatic heterocycles. The second-order valence-corrected chi connectivity index (χ2v) is 6.32. The third-order valence-electron chi connectivity index (χ3n) is 2.99. The second kappa shape index (κ2) is 4.01. The molecule has 0 saturated carbocycles. The normalized spacial score (nSPS) is 16.2. The van der Waals surface area contributed by atoms with Gasteiger partial charge in [-0.15, -0.1) is 0 Å². The topological polar surface area (TPSA) is 97.9 Å². The fraction of sp³-hybridized carbons (Fsp3) is 0.364. The molecule has 0 atom stereocenters. The quantitative estimate of drug-likeness (QED) is 0.732. The zero-order valence-electron chi connectivity index (χ0n) is 10.1. The maximum absolute atomic E-state index is 11.5. The van der Waals surface area contributed by atoms with Crippen molar-refractivity contribution in [3.63, 3.8) is 0 Å². The van der Waals surface area contributed by atoms with Crippen LogP contribution in [0.25, 0.3) is 11.0 Å². The van der Waals surface area contributed by atoms with Gasteiger partial charge >= 0.3 is 0 Å². The molecule has 1 aliphatic rings. The molecule has 0 N–H and O–H groups in total. The van der Waals surface area contributed by atoms with Crippen molar-refractivity contribution >= 4 is 20.9 Å². The monoisotopic (exact) mass is 278 g/mol. The average molecular weight is 278 g/mol. The molecule has 0 bridgehead atoms. The Balaban J connectivity index is 2.29. The van der Waals surface area contributed by atoms with Crippen molar-refractivity contribution < 1.29 is 13.2 Å². The molecule has 3 heterocycles. The summed E-state index contributed by atoms with van der Waals surface area (Å²) in [6.45, 7) is 0.993. The maximum atomic E-state index is 11.5. The van der Waals surface area contributed by atoms with Gasteiger partial charge in [0, 0.05) is 17.8 Å². The van der Waals surface area contributed by atoms with Crippen molar-refractivity contribution in [2.24, 2.45) is 0 Å². The number of fused-ring (bicyclic) bond motifs is 1. The standard InChI is InChI=1S/C11H10N4O3S/c1-19(16,17)11-13-4-7-2-8(3-12)15(10(7)14-11)9-5-18-6-9/h2,4,9H,5-6H2,1H3. The van der Waals surface area contributed by atoms with Crippen LogP contribution in [0.1, 0.15) is 11.7 Å². The van der Waals surface area contributed by atoms with Crippen molar-refractivity contribution in [2.45, 2.75) is 11.2 Å². The molecule has 0 aromatic carbocycles. The first-order chi connectivity index (χ1) is 9.00. The second-order valence-electron chi connectivity index (χ2n) is 4.41. The lowest BCUT2D eigenvalue weighted by Crippen LogP contribution is -2.31. The SMILES string of the molecule is CS(=O)(=O)c1ncc2cc(C#N)n(C3COC3)c2n1. The Morgan fingerprint density at radius 2 is 2.26 bits per heavy atom. The van der Waals surface area contributed by atoms with Crippen molar-refractivity contribution in [3.05, 3.63) is 18.0 Å². The molecular formula is C11H10N4O3S. The Morgan fingerprint density at radius 3 is 2.79 bits per heavy atom. The van der Waals surface area contributed by atoms with Crippen molar-refractivity contribution in [2.75, 3.05) is 19.5 Å². The lowest BCUT2D eigenvalue weighted by Gasteiger charge is -2.28. The van der Waals surface area contributed by atoms with E-state index in [0.717, 1.165) is 6.26 Å². The number of hydrogen-bond donors (Lipinski definition) is 0. The van der Waals surface area contributed by atoms with Gasteiger partial charge in [0.15, 0.2) is 0 Å². The molecule has 1 fully saturated rings. The van der Waals surface area contributed by atoms with Crippen LogP contribution in [0.4, 0.5) is 0 Å². The zero-order valence-corrected chi connectivity index (χ0v) is 10.9. The third-order valence-corrected chi connectivity index (χ3v) is 3.85. The molecule has 1 saturated heterocycles. The molecule has 2 aromatic rings. The van der Waals surface area contributed by atoms with Crippen LogP contribution in [0, 0.1) is 11.3 Å². The van der Waals surface area contributed by atoms with Gasteiger partial charge in [-0.1, -0.05) is 0 Å². The summed E-state index contributed by atoms with van der Waals surface area (Å²) in [6.07, 6.45) is 2.48. The predicted octanol–water partition coefficient (Wildman–Crippen LogP) is 0.278. The first-order valence-corrected chi connectivity index (χ1v) is 7.46. The number of ether oxygens (including phenoxy) is 1. The molecular weight excluding hydrogens is 268 g/mol. The summed E-state index contributed by atoms with van der Waals surface area (Å²) in [5, 5.41) is 9.56. The van der Waals surface area contributed by atoms with Gasteiger partial charge in [0.05, 0.1) is 19.3 Å². The van der Waals surface area contributed by atoms with Crippen LogP contribution in [0.2, 0.25) is 0 Å². The highest BCUT2D eigenvalue weighted by Gasteiger charge is 2.26. The molecule has 19 heavy (non-hydrogen) atoms. The number of nitriles is 1. The summed E-state index contributed by atoms with van der Waals surface area (Å²) < 4.78 is 29.8. The zero-order chi connectivity index (χ0) is 13.6.